The lowest BCUT2D eigenvalue weighted by atomic mass is 9.86. The highest BCUT2D eigenvalue weighted by atomic mass is 16.2. The van der Waals surface area contributed by atoms with E-state index in [4.69, 9.17) is 0 Å². The molecule has 2 aliphatic rings. The number of nitrogens with one attached hydrogen (secondary N) is 1. The first-order chi connectivity index (χ1) is 13.7. The zero-order chi connectivity index (χ0) is 19.3. The van der Waals surface area contributed by atoms with E-state index in [1.165, 1.54) is 32.1 Å². The maximum Gasteiger partial charge on any atom is 0.272 e. The number of carbonyl (C=O) groups excluding carboxylic acids is 2. The summed E-state index contributed by atoms with van der Waals surface area (Å²) in [6, 6.07) is 11.6. The first-order valence-electron chi connectivity index (χ1n) is 10.4. The smallest absolute Gasteiger partial charge is 0.272 e. The molecule has 0 unspecified atom stereocenters. The maximum atomic E-state index is 12.7. The van der Waals surface area contributed by atoms with Gasteiger partial charge in [0.15, 0.2) is 5.69 Å². The number of nitrogens with zero attached hydrogens (tertiary/aromatic N) is 3. The number of aromatic nitrogens is 2. The van der Waals surface area contributed by atoms with Crippen LogP contribution in [0, 0.1) is 5.92 Å². The molecule has 1 saturated carbocycles. The van der Waals surface area contributed by atoms with E-state index >= 15 is 0 Å². The van der Waals surface area contributed by atoms with E-state index in [-0.39, 0.29) is 11.8 Å². The van der Waals surface area contributed by atoms with Gasteiger partial charge < -0.3 is 10.2 Å². The van der Waals surface area contributed by atoms with Gasteiger partial charge in [0.05, 0.1) is 18.8 Å². The molecule has 1 aromatic carbocycles. The summed E-state index contributed by atoms with van der Waals surface area (Å²) in [5.74, 6) is 0.618. The molecule has 148 valence electrons. The lowest BCUT2D eigenvalue weighted by Gasteiger charge is -2.30. The van der Waals surface area contributed by atoms with Crippen molar-refractivity contribution in [2.75, 3.05) is 6.54 Å². The third kappa shape index (κ3) is 4.43. The van der Waals surface area contributed by atoms with Gasteiger partial charge in [-0.2, -0.15) is 5.10 Å². The molecule has 2 heterocycles. The van der Waals surface area contributed by atoms with Gasteiger partial charge in [0.2, 0.25) is 5.91 Å². The molecular formula is C22H28N4O2. The third-order valence-corrected chi connectivity index (χ3v) is 5.87. The number of fused-ring (bicyclic) bond motifs is 1. The Morgan fingerprint density at radius 3 is 2.64 bits per heavy atom. The highest BCUT2D eigenvalue weighted by molar-refractivity contribution is 5.92. The summed E-state index contributed by atoms with van der Waals surface area (Å²) in [7, 11) is 0. The highest BCUT2D eigenvalue weighted by Gasteiger charge is 2.26. The van der Waals surface area contributed by atoms with E-state index in [9.17, 15) is 9.59 Å². The third-order valence-electron chi connectivity index (χ3n) is 5.87. The number of hydrogen-bond donors (Lipinski definition) is 1. The Kier molecular flexibility index (Phi) is 5.74. The van der Waals surface area contributed by atoms with Crippen molar-refractivity contribution in [3.05, 3.63) is 53.3 Å². The van der Waals surface area contributed by atoms with Crippen LogP contribution in [0.2, 0.25) is 0 Å². The Balaban J connectivity index is 1.33. The van der Waals surface area contributed by atoms with Crippen molar-refractivity contribution in [1.29, 1.82) is 0 Å². The van der Waals surface area contributed by atoms with Crippen LogP contribution in [0.25, 0.3) is 0 Å². The topological polar surface area (TPSA) is 67.2 Å². The fraction of sp³-hybridized carbons (Fsp3) is 0.500. The number of carbonyl (C=O) groups is 2. The van der Waals surface area contributed by atoms with E-state index in [1.54, 1.807) is 0 Å². The summed E-state index contributed by atoms with van der Waals surface area (Å²) < 4.78 is 1.86. The molecule has 2 amide bonds. The second kappa shape index (κ2) is 8.59. The van der Waals surface area contributed by atoms with Crippen LogP contribution in [0.4, 0.5) is 0 Å². The second-order valence-electron chi connectivity index (χ2n) is 7.94. The Morgan fingerprint density at radius 2 is 1.86 bits per heavy atom. The van der Waals surface area contributed by atoms with Gasteiger partial charge in [-0.15, -0.1) is 0 Å². The molecule has 6 heteroatoms. The molecule has 0 spiro atoms. The van der Waals surface area contributed by atoms with E-state index in [1.807, 2.05) is 46.0 Å². The molecule has 0 bridgehead atoms. The molecule has 1 aliphatic heterocycles. The minimum absolute atomic E-state index is 0.175. The molecular weight excluding hydrogens is 352 g/mol. The number of rotatable bonds is 5. The van der Waals surface area contributed by atoms with E-state index in [2.05, 4.69) is 10.4 Å². The van der Waals surface area contributed by atoms with Crippen molar-refractivity contribution in [3.8, 4) is 0 Å². The van der Waals surface area contributed by atoms with Crippen LogP contribution in [-0.2, 0) is 24.4 Å². The maximum absolute atomic E-state index is 12.7. The molecule has 1 fully saturated rings. The summed E-state index contributed by atoms with van der Waals surface area (Å²) in [5, 5.41) is 7.36. The lowest BCUT2D eigenvalue weighted by molar-refractivity contribution is -0.134. The summed E-state index contributed by atoms with van der Waals surface area (Å²) in [4.78, 5) is 27.1. The minimum atomic E-state index is -0.175. The molecule has 1 aromatic heterocycles. The molecule has 0 radical (unpaired) electrons. The fourth-order valence-electron chi connectivity index (χ4n) is 4.23. The quantitative estimate of drug-likeness (QED) is 0.867. The Labute approximate surface area is 165 Å². The summed E-state index contributed by atoms with van der Waals surface area (Å²) in [6.45, 7) is 2.35. The average Bonchev–Trinajstić information content (AvgIpc) is 3.17. The molecule has 28 heavy (non-hydrogen) atoms. The van der Waals surface area contributed by atoms with Crippen LogP contribution in [0.15, 0.2) is 36.4 Å². The van der Waals surface area contributed by atoms with Crippen molar-refractivity contribution in [2.24, 2.45) is 5.92 Å². The van der Waals surface area contributed by atoms with Gasteiger partial charge in [0, 0.05) is 19.5 Å². The fourth-order valence-corrected chi connectivity index (χ4v) is 4.23. The molecule has 1 N–H and O–H groups in total. The van der Waals surface area contributed by atoms with E-state index in [0.717, 1.165) is 11.3 Å². The van der Waals surface area contributed by atoms with Gasteiger partial charge in [-0.05, 0) is 30.4 Å². The van der Waals surface area contributed by atoms with Crippen LogP contribution >= 0.6 is 0 Å². The predicted molar refractivity (Wildman–Crippen MR) is 106 cm³/mol. The first kappa shape index (κ1) is 18.7. The average molecular weight is 380 g/mol. The second-order valence-corrected chi connectivity index (χ2v) is 7.94. The van der Waals surface area contributed by atoms with Crippen molar-refractivity contribution < 1.29 is 9.59 Å². The lowest BCUT2D eigenvalue weighted by Crippen LogP contribution is -2.39. The number of benzene rings is 1. The molecule has 1 aliphatic carbocycles. The molecule has 6 nitrogen and oxygen atoms in total. The van der Waals surface area contributed by atoms with Crippen LogP contribution in [0.5, 0.6) is 0 Å². The summed E-state index contributed by atoms with van der Waals surface area (Å²) in [5.41, 5.74) is 2.42. The van der Waals surface area contributed by atoms with Crippen molar-refractivity contribution in [1.82, 2.24) is 20.0 Å². The van der Waals surface area contributed by atoms with Gasteiger partial charge in [0.1, 0.15) is 0 Å². The summed E-state index contributed by atoms with van der Waals surface area (Å²) >= 11 is 0. The monoisotopic (exact) mass is 380 g/mol. The summed E-state index contributed by atoms with van der Waals surface area (Å²) in [6.07, 6.45) is 6.85. The van der Waals surface area contributed by atoms with Crippen molar-refractivity contribution in [3.63, 3.8) is 0 Å². The predicted octanol–water partition coefficient (Wildman–Crippen LogP) is 3.13. The van der Waals surface area contributed by atoms with Crippen LogP contribution in [0.1, 0.15) is 60.3 Å². The van der Waals surface area contributed by atoms with Gasteiger partial charge in [-0.25, -0.2) is 0 Å². The van der Waals surface area contributed by atoms with Crippen LogP contribution < -0.4 is 5.32 Å². The zero-order valence-electron chi connectivity index (χ0n) is 16.3. The first-order valence-corrected chi connectivity index (χ1v) is 10.4. The van der Waals surface area contributed by atoms with Gasteiger partial charge in [0.25, 0.3) is 5.91 Å². The number of amides is 2. The number of hydrogen-bond acceptors (Lipinski definition) is 3. The van der Waals surface area contributed by atoms with Gasteiger partial charge in [-0.1, -0.05) is 49.6 Å². The molecule has 2 aromatic rings. The van der Waals surface area contributed by atoms with E-state index in [0.29, 0.717) is 44.2 Å². The van der Waals surface area contributed by atoms with Crippen LogP contribution in [-0.4, -0.2) is 33.0 Å². The Morgan fingerprint density at radius 1 is 1.07 bits per heavy atom. The molecule has 4 rings (SSSR count). The molecule has 0 atom stereocenters. The van der Waals surface area contributed by atoms with Crippen LogP contribution in [0.3, 0.4) is 0 Å². The normalized spacial score (nSPS) is 17.2. The largest absolute Gasteiger partial charge is 0.347 e. The minimum Gasteiger partial charge on any atom is -0.347 e. The van der Waals surface area contributed by atoms with E-state index < -0.39 is 0 Å². The van der Waals surface area contributed by atoms with Gasteiger partial charge >= 0.3 is 0 Å². The standard InChI is InChI=1S/C22H28N4O2/c27-21(13-17-7-3-1-4-8-17)25-11-12-26-19(16-25)14-20(24-26)22(28)23-15-18-9-5-2-6-10-18/h2,5-6,9-10,14,17H,1,3-4,7-8,11-13,15-16H2,(H,23,28). The Hall–Kier alpha value is -2.63. The zero-order valence-corrected chi connectivity index (χ0v) is 16.3. The molecule has 0 saturated heterocycles. The van der Waals surface area contributed by atoms with Gasteiger partial charge in [-0.3, -0.25) is 14.3 Å². The SMILES string of the molecule is O=C(NCc1ccccc1)c1cc2n(n1)CCN(C(=O)CC1CCCCC1)C2. The van der Waals surface area contributed by atoms with Crippen molar-refractivity contribution in [2.45, 2.75) is 58.2 Å². The van der Waals surface area contributed by atoms with Crippen molar-refractivity contribution >= 4 is 11.8 Å². The Bertz CT molecular complexity index is 824. The highest BCUT2D eigenvalue weighted by Crippen LogP contribution is 2.27.